The largest absolute Gasteiger partial charge is 0.449 e. The van der Waals surface area contributed by atoms with Gasteiger partial charge in [-0.1, -0.05) is 30.3 Å². The fraction of sp³-hybridized carbons (Fsp3) is 0.167. The van der Waals surface area contributed by atoms with E-state index in [0.29, 0.717) is 5.56 Å². The summed E-state index contributed by atoms with van der Waals surface area (Å²) in [6, 6.07) is 13.4. The first kappa shape index (κ1) is 15.0. The number of esters is 1. The Bertz CT molecular complexity index is 758. The first-order valence-electron chi connectivity index (χ1n) is 7.31. The molecule has 5 heteroatoms. The van der Waals surface area contributed by atoms with Gasteiger partial charge in [-0.2, -0.15) is 5.10 Å². The van der Waals surface area contributed by atoms with Crippen LogP contribution in [0.5, 0.6) is 0 Å². The summed E-state index contributed by atoms with van der Waals surface area (Å²) in [6.07, 6.45) is 4.43. The van der Waals surface area contributed by atoms with E-state index in [1.165, 1.54) is 6.20 Å². The molecule has 0 unspecified atom stereocenters. The minimum Gasteiger partial charge on any atom is -0.449 e. The summed E-state index contributed by atoms with van der Waals surface area (Å²) in [5.41, 5.74) is 3.04. The van der Waals surface area contributed by atoms with Crippen LogP contribution in [-0.2, 0) is 11.8 Å². The van der Waals surface area contributed by atoms with E-state index in [1.54, 1.807) is 24.1 Å². The van der Waals surface area contributed by atoms with Gasteiger partial charge in [-0.3, -0.25) is 9.67 Å². The molecule has 3 aromatic rings. The lowest BCUT2D eigenvalue weighted by Gasteiger charge is -2.18. The molecule has 1 aromatic carbocycles. The molecule has 0 N–H and O–H groups in total. The van der Waals surface area contributed by atoms with E-state index in [4.69, 9.17) is 4.74 Å². The lowest BCUT2D eigenvalue weighted by atomic mass is 10.0. The van der Waals surface area contributed by atoms with E-state index in [1.807, 2.05) is 49.4 Å². The molecule has 116 valence electrons. The molecule has 0 radical (unpaired) electrons. The minimum absolute atomic E-state index is 0.388. The van der Waals surface area contributed by atoms with Crippen LogP contribution in [0.15, 0.2) is 61.1 Å². The van der Waals surface area contributed by atoms with Crippen LogP contribution in [0, 0.1) is 6.92 Å². The highest BCUT2D eigenvalue weighted by atomic mass is 16.5. The molecule has 3 rings (SSSR count). The van der Waals surface area contributed by atoms with E-state index in [9.17, 15) is 4.79 Å². The molecule has 0 bridgehead atoms. The zero-order valence-corrected chi connectivity index (χ0v) is 13.0. The van der Waals surface area contributed by atoms with Gasteiger partial charge in [0.05, 0.1) is 6.20 Å². The van der Waals surface area contributed by atoms with Crippen molar-refractivity contribution in [2.75, 3.05) is 0 Å². The van der Waals surface area contributed by atoms with E-state index in [2.05, 4.69) is 10.1 Å². The quantitative estimate of drug-likeness (QED) is 0.695. The number of benzene rings is 1. The Morgan fingerprint density at radius 2 is 1.74 bits per heavy atom. The third kappa shape index (κ3) is 3.13. The van der Waals surface area contributed by atoms with Gasteiger partial charge in [0.2, 0.25) is 0 Å². The molecule has 0 saturated heterocycles. The summed E-state index contributed by atoms with van der Waals surface area (Å²) in [6.45, 7) is 1.84. The molecular formula is C18H17N3O2. The number of aryl methyl sites for hydroxylation is 1. The van der Waals surface area contributed by atoms with Gasteiger partial charge in [-0.15, -0.1) is 0 Å². The average Bonchev–Trinajstić information content (AvgIpc) is 2.93. The fourth-order valence-electron chi connectivity index (χ4n) is 2.36. The molecule has 1 atom stereocenters. The molecule has 0 fully saturated rings. The van der Waals surface area contributed by atoms with Gasteiger partial charge in [-0.25, -0.2) is 4.79 Å². The number of nitrogens with zero attached hydrogens (tertiary/aromatic N) is 3. The van der Waals surface area contributed by atoms with Gasteiger partial charge in [0.25, 0.3) is 0 Å². The molecular weight excluding hydrogens is 290 g/mol. The SMILES string of the molecule is Cc1c(C(=O)O[C@H](c2ccccc2)c2ccncc2)cnn1C. The maximum Gasteiger partial charge on any atom is 0.342 e. The third-order valence-electron chi connectivity index (χ3n) is 3.79. The van der Waals surface area contributed by atoms with Crippen molar-refractivity contribution in [1.29, 1.82) is 0 Å². The van der Waals surface area contributed by atoms with Crippen molar-refractivity contribution in [3.8, 4) is 0 Å². The Kier molecular flexibility index (Phi) is 4.19. The van der Waals surface area contributed by atoms with Gasteiger partial charge >= 0.3 is 5.97 Å². The summed E-state index contributed by atoms with van der Waals surface area (Å²) in [5.74, 6) is -0.388. The van der Waals surface area contributed by atoms with Crippen LogP contribution in [0.25, 0.3) is 0 Å². The molecule has 2 heterocycles. The molecule has 0 saturated carbocycles. The highest BCUT2D eigenvalue weighted by Gasteiger charge is 2.22. The average molecular weight is 307 g/mol. The van der Waals surface area contributed by atoms with Gasteiger partial charge in [0.1, 0.15) is 5.56 Å². The Morgan fingerprint density at radius 3 is 2.35 bits per heavy atom. The highest BCUT2D eigenvalue weighted by Crippen LogP contribution is 2.27. The molecule has 0 aliphatic rings. The zero-order valence-electron chi connectivity index (χ0n) is 13.0. The van der Waals surface area contributed by atoms with Gasteiger partial charge in [0.15, 0.2) is 6.10 Å². The van der Waals surface area contributed by atoms with Crippen LogP contribution >= 0.6 is 0 Å². The smallest absolute Gasteiger partial charge is 0.342 e. The summed E-state index contributed by atoms with van der Waals surface area (Å²) in [7, 11) is 1.80. The standard InChI is InChI=1S/C18H17N3O2/c1-13-16(12-20-21(13)2)18(22)23-17(14-6-4-3-5-7-14)15-8-10-19-11-9-15/h3-12,17H,1-2H3/t17-/m1/s1. The van der Waals surface area contributed by atoms with Gasteiger partial charge in [-0.05, 0) is 24.6 Å². The van der Waals surface area contributed by atoms with E-state index < -0.39 is 6.10 Å². The van der Waals surface area contributed by atoms with Crippen LogP contribution in [0.2, 0.25) is 0 Å². The predicted octanol–water partition coefficient (Wildman–Crippen LogP) is 3.07. The summed E-state index contributed by atoms with van der Waals surface area (Å²) in [5, 5.41) is 4.10. The maximum atomic E-state index is 12.5. The Hall–Kier alpha value is -2.95. The van der Waals surface area contributed by atoms with Crippen LogP contribution in [-0.4, -0.2) is 20.7 Å². The van der Waals surface area contributed by atoms with Gasteiger partial charge in [0, 0.05) is 30.7 Å². The number of pyridine rings is 1. The summed E-state index contributed by atoms with van der Waals surface area (Å²) < 4.78 is 7.44. The Labute approximate surface area is 134 Å². The molecule has 0 aliphatic heterocycles. The predicted molar refractivity (Wildman–Crippen MR) is 85.9 cm³/mol. The lowest BCUT2D eigenvalue weighted by molar-refractivity contribution is 0.0377. The molecule has 2 aromatic heterocycles. The van der Waals surface area contributed by atoms with Crippen molar-refractivity contribution in [3.63, 3.8) is 0 Å². The second-order valence-electron chi connectivity index (χ2n) is 5.24. The number of carbonyl (C=O) groups excluding carboxylic acids is 1. The molecule has 5 nitrogen and oxygen atoms in total. The van der Waals surface area contributed by atoms with E-state index in [-0.39, 0.29) is 5.97 Å². The normalized spacial score (nSPS) is 11.9. The first-order valence-corrected chi connectivity index (χ1v) is 7.31. The fourth-order valence-corrected chi connectivity index (χ4v) is 2.36. The monoisotopic (exact) mass is 307 g/mol. The maximum absolute atomic E-state index is 12.5. The number of carbonyl (C=O) groups is 1. The summed E-state index contributed by atoms with van der Waals surface area (Å²) in [4.78, 5) is 16.6. The number of hydrogen-bond donors (Lipinski definition) is 0. The van der Waals surface area contributed by atoms with Crippen molar-refractivity contribution in [3.05, 3.63) is 83.4 Å². The van der Waals surface area contributed by atoms with Crippen LogP contribution < -0.4 is 0 Å². The number of rotatable bonds is 4. The molecule has 0 spiro atoms. The van der Waals surface area contributed by atoms with Crippen molar-refractivity contribution < 1.29 is 9.53 Å². The zero-order chi connectivity index (χ0) is 16.2. The van der Waals surface area contributed by atoms with E-state index in [0.717, 1.165) is 16.8 Å². The van der Waals surface area contributed by atoms with Gasteiger partial charge < -0.3 is 4.74 Å². The Morgan fingerprint density at radius 1 is 1.09 bits per heavy atom. The Balaban J connectivity index is 1.94. The third-order valence-corrected chi connectivity index (χ3v) is 3.79. The summed E-state index contributed by atoms with van der Waals surface area (Å²) >= 11 is 0. The van der Waals surface area contributed by atoms with E-state index >= 15 is 0 Å². The second kappa shape index (κ2) is 6.44. The van der Waals surface area contributed by atoms with Crippen LogP contribution in [0.4, 0.5) is 0 Å². The number of aromatic nitrogens is 3. The minimum atomic E-state index is -0.480. The molecule has 0 aliphatic carbocycles. The van der Waals surface area contributed by atoms with Crippen LogP contribution in [0.3, 0.4) is 0 Å². The molecule has 0 amide bonds. The van der Waals surface area contributed by atoms with Crippen molar-refractivity contribution in [1.82, 2.24) is 14.8 Å². The van der Waals surface area contributed by atoms with Crippen molar-refractivity contribution in [2.24, 2.45) is 7.05 Å². The van der Waals surface area contributed by atoms with Crippen molar-refractivity contribution in [2.45, 2.75) is 13.0 Å². The topological polar surface area (TPSA) is 57.0 Å². The number of ether oxygens (including phenoxy) is 1. The van der Waals surface area contributed by atoms with Crippen LogP contribution in [0.1, 0.15) is 33.3 Å². The first-order chi connectivity index (χ1) is 11.2. The molecule has 23 heavy (non-hydrogen) atoms. The number of hydrogen-bond acceptors (Lipinski definition) is 4. The van der Waals surface area contributed by atoms with Crippen molar-refractivity contribution >= 4 is 5.97 Å². The highest BCUT2D eigenvalue weighted by molar-refractivity contribution is 5.90. The lowest BCUT2D eigenvalue weighted by Crippen LogP contribution is -2.13. The second-order valence-corrected chi connectivity index (χ2v) is 5.24.